The molecule has 0 spiro atoms. The average molecular weight is 397 g/mol. The number of benzene rings is 1. The quantitative estimate of drug-likeness (QED) is 0.271. The maximum absolute atomic E-state index is 3.51. The van der Waals surface area contributed by atoms with Crippen LogP contribution in [0.4, 0.5) is 0 Å². The standard InChI is InChI=1S/C20H34N4S2/c1-5-7-12-21-19(25-3)23-15-17-10-9-11-18(14-17)16-24-20(26-4)22-13-8-6-2/h9-11,14H,5-8,12-13,15-16H2,1-4H3,(H,21,23)(H,22,24)/p+2. The van der Waals surface area contributed by atoms with Gasteiger partial charge in [-0.2, -0.15) is 0 Å². The van der Waals surface area contributed by atoms with Gasteiger partial charge >= 0.3 is 10.3 Å². The van der Waals surface area contributed by atoms with Crippen molar-refractivity contribution >= 4 is 33.9 Å². The highest BCUT2D eigenvalue weighted by Gasteiger charge is 2.05. The lowest BCUT2D eigenvalue weighted by Crippen LogP contribution is -2.74. The van der Waals surface area contributed by atoms with Gasteiger partial charge in [0, 0.05) is 0 Å². The summed E-state index contributed by atoms with van der Waals surface area (Å²) in [7, 11) is 0. The Morgan fingerprint density at radius 2 is 1.31 bits per heavy atom. The second-order valence-electron chi connectivity index (χ2n) is 6.15. The van der Waals surface area contributed by atoms with Crippen LogP contribution in [-0.4, -0.2) is 35.9 Å². The summed E-state index contributed by atoms with van der Waals surface area (Å²) < 4.78 is 0. The topological polar surface area (TPSA) is 52.0 Å². The fourth-order valence-corrected chi connectivity index (χ4v) is 3.31. The molecule has 0 bridgehead atoms. The molecule has 0 saturated carbocycles. The Labute approximate surface area is 168 Å². The van der Waals surface area contributed by atoms with E-state index in [1.165, 1.54) is 36.8 Å². The van der Waals surface area contributed by atoms with Crippen molar-refractivity contribution in [2.75, 3.05) is 25.6 Å². The van der Waals surface area contributed by atoms with Crippen molar-refractivity contribution in [3.8, 4) is 0 Å². The van der Waals surface area contributed by atoms with Crippen LogP contribution in [0.5, 0.6) is 0 Å². The van der Waals surface area contributed by atoms with Crippen molar-refractivity contribution < 1.29 is 9.98 Å². The number of hydrogen-bond donors (Lipinski definition) is 4. The number of rotatable bonds is 10. The van der Waals surface area contributed by atoms with Crippen LogP contribution in [-0.2, 0) is 13.1 Å². The first-order valence-electron chi connectivity index (χ1n) is 9.58. The van der Waals surface area contributed by atoms with E-state index in [4.69, 9.17) is 0 Å². The Kier molecular flexibility index (Phi) is 13.2. The predicted molar refractivity (Wildman–Crippen MR) is 119 cm³/mol. The van der Waals surface area contributed by atoms with E-state index in [1.807, 2.05) is 0 Å². The molecular weight excluding hydrogens is 360 g/mol. The van der Waals surface area contributed by atoms with Crippen LogP contribution in [0.3, 0.4) is 0 Å². The Morgan fingerprint density at radius 1 is 0.846 bits per heavy atom. The van der Waals surface area contributed by atoms with Gasteiger partial charge in [0.2, 0.25) is 0 Å². The van der Waals surface area contributed by atoms with Gasteiger partial charge in [-0.3, -0.25) is 20.6 Å². The van der Waals surface area contributed by atoms with Crippen LogP contribution in [0.2, 0.25) is 0 Å². The monoisotopic (exact) mass is 396 g/mol. The lowest BCUT2D eigenvalue weighted by atomic mass is 10.1. The van der Waals surface area contributed by atoms with Gasteiger partial charge < -0.3 is 0 Å². The summed E-state index contributed by atoms with van der Waals surface area (Å²) in [6.07, 6.45) is 9.04. The van der Waals surface area contributed by atoms with Crippen molar-refractivity contribution in [2.24, 2.45) is 0 Å². The molecule has 0 saturated heterocycles. The summed E-state index contributed by atoms with van der Waals surface area (Å²) >= 11 is 3.48. The van der Waals surface area contributed by atoms with E-state index in [9.17, 15) is 0 Å². The zero-order chi connectivity index (χ0) is 19.0. The van der Waals surface area contributed by atoms with Gasteiger partial charge in [-0.05, 0) is 66.1 Å². The minimum atomic E-state index is 0.844. The van der Waals surface area contributed by atoms with Gasteiger partial charge in [0.15, 0.2) is 0 Å². The van der Waals surface area contributed by atoms with Gasteiger partial charge in [0.05, 0.1) is 13.1 Å². The Morgan fingerprint density at radius 3 is 1.69 bits per heavy atom. The lowest BCUT2D eigenvalue weighted by Gasteiger charge is -2.03. The third-order valence-electron chi connectivity index (χ3n) is 3.94. The van der Waals surface area contributed by atoms with E-state index in [2.05, 4.69) is 71.2 Å². The van der Waals surface area contributed by atoms with Crippen LogP contribution >= 0.6 is 23.5 Å². The summed E-state index contributed by atoms with van der Waals surface area (Å²) in [5.41, 5.74) is 2.61. The van der Waals surface area contributed by atoms with Gasteiger partial charge in [0.1, 0.15) is 13.1 Å². The number of thioether (sulfide) groups is 2. The molecule has 0 unspecified atom stereocenters. The van der Waals surface area contributed by atoms with E-state index in [1.54, 1.807) is 23.5 Å². The molecule has 0 aliphatic heterocycles. The third kappa shape index (κ3) is 10.1. The molecule has 1 aromatic carbocycles. The van der Waals surface area contributed by atoms with Gasteiger partial charge in [0.25, 0.3) is 0 Å². The number of hydrogen-bond acceptors (Lipinski definition) is 2. The Balaban J connectivity index is 2.60. The first-order valence-corrected chi connectivity index (χ1v) is 12.0. The van der Waals surface area contributed by atoms with Crippen molar-refractivity contribution in [3.05, 3.63) is 35.4 Å². The molecule has 0 aliphatic carbocycles. The van der Waals surface area contributed by atoms with Gasteiger partial charge in [-0.1, -0.05) is 44.9 Å². The van der Waals surface area contributed by atoms with E-state index in [-0.39, 0.29) is 0 Å². The van der Waals surface area contributed by atoms with Crippen LogP contribution < -0.4 is 20.6 Å². The normalized spacial score (nSPS) is 12.3. The smallest absolute Gasteiger partial charge is 0.269 e. The summed E-state index contributed by atoms with van der Waals surface area (Å²) in [6.45, 7) is 8.18. The average Bonchev–Trinajstić information content (AvgIpc) is 2.67. The van der Waals surface area contributed by atoms with E-state index < -0.39 is 0 Å². The summed E-state index contributed by atoms with van der Waals surface area (Å²) in [4.78, 5) is 7.02. The Hall–Kier alpha value is -1.14. The fraction of sp³-hybridized carbons (Fsp3) is 0.600. The minimum Gasteiger partial charge on any atom is -0.269 e. The summed E-state index contributed by atoms with van der Waals surface area (Å²) in [6, 6.07) is 8.77. The van der Waals surface area contributed by atoms with Crippen LogP contribution in [0, 0.1) is 0 Å². The maximum Gasteiger partial charge on any atom is 0.304 e. The van der Waals surface area contributed by atoms with Gasteiger partial charge in [-0.25, -0.2) is 0 Å². The molecule has 0 amide bonds. The molecule has 1 aromatic rings. The van der Waals surface area contributed by atoms with Crippen LogP contribution in [0.15, 0.2) is 24.3 Å². The highest BCUT2D eigenvalue weighted by Crippen LogP contribution is 2.02. The second-order valence-corrected chi connectivity index (χ2v) is 7.79. The third-order valence-corrected chi connectivity index (χ3v) is 5.33. The highest BCUT2D eigenvalue weighted by atomic mass is 32.2. The second kappa shape index (κ2) is 15.0. The van der Waals surface area contributed by atoms with E-state index >= 15 is 0 Å². The molecular formula is C20H36N4S2+2. The molecule has 4 N–H and O–H groups in total. The first-order chi connectivity index (χ1) is 12.7. The van der Waals surface area contributed by atoms with Crippen molar-refractivity contribution in [3.63, 3.8) is 0 Å². The summed E-state index contributed by atoms with van der Waals surface area (Å²) in [5.74, 6) is 0. The predicted octanol–water partition coefficient (Wildman–Crippen LogP) is 1.07. The van der Waals surface area contributed by atoms with Crippen LogP contribution in [0.25, 0.3) is 0 Å². The van der Waals surface area contributed by atoms with Gasteiger partial charge in [-0.15, -0.1) is 0 Å². The molecule has 4 nitrogen and oxygen atoms in total. The molecule has 6 heteroatoms. The number of nitrogens with one attached hydrogen (secondary N) is 4. The minimum absolute atomic E-state index is 0.844. The Bertz CT molecular complexity index is 513. The van der Waals surface area contributed by atoms with Crippen molar-refractivity contribution in [1.82, 2.24) is 10.6 Å². The molecule has 0 heterocycles. The van der Waals surface area contributed by atoms with Crippen molar-refractivity contribution in [1.29, 1.82) is 0 Å². The number of unbranched alkanes of at least 4 members (excludes halogenated alkanes) is 2. The molecule has 146 valence electrons. The zero-order valence-electron chi connectivity index (χ0n) is 16.8. The SMILES string of the molecule is CCCCNC(=[NH+]Cc1cccc(C[NH+]=C(NCCCC)SC)c1)SC. The molecule has 0 aromatic heterocycles. The molecule has 1 rings (SSSR count). The molecule has 26 heavy (non-hydrogen) atoms. The molecule has 0 fully saturated rings. The molecule has 0 aliphatic rings. The molecule has 0 atom stereocenters. The highest BCUT2D eigenvalue weighted by molar-refractivity contribution is 8.13. The van der Waals surface area contributed by atoms with E-state index in [0.29, 0.717) is 0 Å². The number of amidine groups is 2. The first kappa shape index (κ1) is 22.9. The fourth-order valence-electron chi connectivity index (χ4n) is 2.39. The lowest BCUT2D eigenvalue weighted by molar-refractivity contribution is -0.475. The van der Waals surface area contributed by atoms with Crippen LogP contribution in [0.1, 0.15) is 50.7 Å². The zero-order valence-corrected chi connectivity index (χ0v) is 18.4. The largest absolute Gasteiger partial charge is 0.304 e. The van der Waals surface area contributed by atoms with E-state index in [0.717, 1.165) is 36.5 Å². The van der Waals surface area contributed by atoms with Crippen molar-refractivity contribution in [2.45, 2.75) is 52.6 Å². The summed E-state index contributed by atoms with van der Waals surface area (Å²) in [5, 5.41) is 9.24. The molecule has 0 radical (unpaired) electrons. The maximum atomic E-state index is 3.51.